The molecular weight excluding hydrogens is 289 g/mol. The number of halogens is 2. The molecule has 0 fully saturated rings. The SMILES string of the molecule is CCO[C@H](C)C(=O)NC[C@H](O)c1c(Cl)cccc1Cl. The monoisotopic (exact) mass is 305 g/mol. The zero-order chi connectivity index (χ0) is 14.4. The van der Waals surface area contributed by atoms with Crippen molar-refractivity contribution in [3.05, 3.63) is 33.8 Å². The van der Waals surface area contributed by atoms with Gasteiger partial charge in [-0.15, -0.1) is 0 Å². The second-order valence-corrected chi connectivity index (χ2v) is 4.81. The molecule has 1 rings (SSSR count). The number of hydrogen-bond donors (Lipinski definition) is 2. The molecule has 2 atom stereocenters. The first-order chi connectivity index (χ1) is 8.97. The van der Waals surface area contributed by atoms with Gasteiger partial charge in [-0.1, -0.05) is 29.3 Å². The van der Waals surface area contributed by atoms with Gasteiger partial charge in [-0.2, -0.15) is 0 Å². The fraction of sp³-hybridized carbons (Fsp3) is 0.462. The molecule has 4 nitrogen and oxygen atoms in total. The minimum Gasteiger partial charge on any atom is -0.386 e. The molecule has 0 radical (unpaired) electrons. The van der Waals surface area contributed by atoms with Gasteiger partial charge in [0.25, 0.3) is 0 Å². The van der Waals surface area contributed by atoms with Crippen molar-refractivity contribution < 1.29 is 14.6 Å². The molecule has 0 aliphatic carbocycles. The summed E-state index contributed by atoms with van der Waals surface area (Å²) in [5, 5.41) is 13.3. The Morgan fingerprint density at radius 1 is 1.42 bits per heavy atom. The maximum Gasteiger partial charge on any atom is 0.248 e. The minimum atomic E-state index is -0.959. The Bertz CT molecular complexity index is 420. The first kappa shape index (κ1) is 16.2. The smallest absolute Gasteiger partial charge is 0.248 e. The van der Waals surface area contributed by atoms with E-state index in [-0.39, 0.29) is 12.5 Å². The average molecular weight is 306 g/mol. The highest BCUT2D eigenvalue weighted by molar-refractivity contribution is 6.36. The van der Waals surface area contributed by atoms with Crippen LogP contribution in [0.4, 0.5) is 0 Å². The molecule has 0 saturated heterocycles. The van der Waals surface area contributed by atoms with Gasteiger partial charge in [-0.3, -0.25) is 4.79 Å². The fourth-order valence-corrected chi connectivity index (χ4v) is 2.25. The third kappa shape index (κ3) is 4.66. The van der Waals surface area contributed by atoms with Gasteiger partial charge in [-0.05, 0) is 26.0 Å². The van der Waals surface area contributed by atoms with E-state index in [1.54, 1.807) is 25.1 Å². The predicted molar refractivity (Wildman–Crippen MR) is 75.5 cm³/mol. The van der Waals surface area contributed by atoms with Gasteiger partial charge >= 0.3 is 0 Å². The van der Waals surface area contributed by atoms with E-state index in [0.717, 1.165) is 0 Å². The van der Waals surface area contributed by atoms with Crippen LogP contribution in [0.1, 0.15) is 25.5 Å². The highest BCUT2D eigenvalue weighted by Gasteiger charge is 2.18. The molecule has 0 saturated carbocycles. The lowest BCUT2D eigenvalue weighted by molar-refractivity contribution is -0.131. The highest BCUT2D eigenvalue weighted by atomic mass is 35.5. The second kappa shape index (κ2) is 7.70. The van der Waals surface area contributed by atoms with E-state index in [1.807, 2.05) is 6.92 Å². The van der Waals surface area contributed by atoms with Crippen LogP contribution in [0, 0.1) is 0 Å². The van der Waals surface area contributed by atoms with E-state index in [2.05, 4.69) is 5.32 Å². The Balaban J connectivity index is 2.61. The molecule has 0 heterocycles. The Labute approximate surface area is 122 Å². The summed E-state index contributed by atoms with van der Waals surface area (Å²) in [6.07, 6.45) is -1.52. The molecule has 0 aromatic heterocycles. The average Bonchev–Trinajstić information content (AvgIpc) is 2.36. The molecule has 2 N–H and O–H groups in total. The summed E-state index contributed by atoms with van der Waals surface area (Å²) in [6, 6.07) is 4.96. The van der Waals surface area contributed by atoms with Crippen molar-refractivity contribution in [2.75, 3.05) is 13.2 Å². The molecule has 1 aromatic carbocycles. The Morgan fingerprint density at radius 3 is 2.53 bits per heavy atom. The van der Waals surface area contributed by atoms with Gasteiger partial charge in [0, 0.05) is 28.8 Å². The number of hydrogen-bond acceptors (Lipinski definition) is 3. The maximum absolute atomic E-state index is 11.6. The summed E-state index contributed by atoms with van der Waals surface area (Å²) in [5.74, 6) is -0.288. The zero-order valence-electron chi connectivity index (χ0n) is 10.8. The highest BCUT2D eigenvalue weighted by Crippen LogP contribution is 2.29. The van der Waals surface area contributed by atoms with Crippen LogP contribution in [0.15, 0.2) is 18.2 Å². The van der Waals surface area contributed by atoms with Gasteiger partial charge < -0.3 is 15.2 Å². The van der Waals surface area contributed by atoms with E-state index in [1.165, 1.54) is 0 Å². The molecule has 0 unspecified atom stereocenters. The molecular formula is C13H17Cl2NO3. The number of carbonyl (C=O) groups is 1. The fourth-order valence-electron chi connectivity index (χ4n) is 1.60. The molecule has 0 bridgehead atoms. The molecule has 19 heavy (non-hydrogen) atoms. The van der Waals surface area contributed by atoms with Crippen molar-refractivity contribution in [3.8, 4) is 0 Å². The largest absolute Gasteiger partial charge is 0.386 e. The molecule has 6 heteroatoms. The summed E-state index contributed by atoms with van der Waals surface area (Å²) in [6.45, 7) is 3.93. The van der Waals surface area contributed by atoms with Crippen molar-refractivity contribution in [2.45, 2.75) is 26.1 Å². The molecule has 0 spiro atoms. The summed E-state index contributed by atoms with van der Waals surface area (Å²) in [4.78, 5) is 11.6. The lowest BCUT2D eigenvalue weighted by atomic mass is 10.1. The first-order valence-electron chi connectivity index (χ1n) is 5.98. The minimum absolute atomic E-state index is 0.0275. The second-order valence-electron chi connectivity index (χ2n) is 3.99. The van der Waals surface area contributed by atoms with Crippen LogP contribution in [0.2, 0.25) is 10.0 Å². The molecule has 106 valence electrons. The van der Waals surface area contributed by atoms with Crippen molar-refractivity contribution in [1.29, 1.82) is 0 Å². The lowest BCUT2D eigenvalue weighted by Crippen LogP contribution is -2.37. The van der Waals surface area contributed by atoms with Crippen molar-refractivity contribution in [1.82, 2.24) is 5.32 Å². The number of aliphatic hydroxyl groups excluding tert-OH is 1. The normalized spacial score (nSPS) is 13.9. The van der Waals surface area contributed by atoms with E-state index < -0.39 is 12.2 Å². The van der Waals surface area contributed by atoms with E-state index in [9.17, 15) is 9.90 Å². The van der Waals surface area contributed by atoms with E-state index >= 15 is 0 Å². The number of amides is 1. The molecule has 0 aliphatic rings. The third-order valence-corrected chi connectivity index (χ3v) is 3.25. The summed E-state index contributed by atoms with van der Waals surface area (Å²) in [7, 11) is 0. The topological polar surface area (TPSA) is 58.6 Å². The maximum atomic E-state index is 11.6. The van der Waals surface area contributed by atoms with Crippen LogP contribution >= 0.6 is 23.2 Å². The summed E-state index contributed by atoms with van der Waals surface area (Å²) in [5.41, 5.74) is 0.412. The van der Waals surface area contributed by atoms with Crippen molar-refractivity contribution in [3.63, 3.8) is 0 Å². The van der Waals surface area contributed by atoms with Crippen LogP contribution in [-0.2, 0) is 9.53 Å². The molecule has 0 aliphatic heterocycles. The number of carbonyl (C=O) groups excluding carboxylic acids is 1. The Kier molecular flexibility index (Phi) is 6.58. The van der Waals surface area contributed by atoms with Crippen molar-refractivity contribution >= 4 is 29.1 Å². The van der Waals surface area contributed by atoms with Crippen LogP contribution in [-0.4, -0.2) is 30.3 Å². The summed E-state index contributed by atoms with van der Waals surface area (Å²) >= 11 is 11.9. The number of benzene rings is 1. The predicted octanol–water partition coefficient (Wildman–Crippen LogP) is 2.57. The van der Waals surface area contributed by atoms with Gasteiger partial charge in [0.1, 0.15) is 6.10 Å². The number of rotatable bonds is 6. The van der Waals surface area contributed by atoms with Crippen molar-refractivity contribution in [2.24, 2.45) is 0 Å². The number of ether oxygens (including phenoxy) is 1. The summed E-state index contributed by atoms with van der Waals surface area (Å²) < 4.78 is 5.14. The number of aliphatic hydroxyl groups is 1. The molecule has 1 aromatic rings. The Morgan fingerprint density at radius 2 is 2.00 bits per heavy atom. The van der Waals surface area contributed by atoms with Crippen LogP contribution in [0.3, 0.4) is 0 Å². The van der Waals surface area contributed by atoms with Gasteiger partial charge in [0.2, 0.25) is 5.91 Å². The standard InChI is InChI=1S/C13H17Cl2NO3/c1-3-19-8(2)13(18)16-7-11(17)12-9(14)5-4-6-10(12)15/h4-6,8,11,17H,3,7H2,1-2H3,(H,16,18)/t8-,11+/m1/s1. The van der Waals surface area contributed by atoms with Gasteiger partial charge in [0.15, 0.2) is 0 Å². The van der Waals surface area contributed by atoms with E-state index in [0.29, 0.717) is 22.2 Å². The Hall–Kier alpha value is -0.810. The van der Waals surface area contributed by atoms with Crippen LogP contribution < -0.4 is 5.32 Å². The zero-order valence-corrected chi connectivity index (χ0v) is 12.3. The lowest BCUT2D eigenvalue weighted by Gasteiger charge is -2.17. The van der Waals surface area contributed by atoms with Crippen LogP contribution in [0.25, 0.3) is 0 Å². The van der Waals surface area contributed by atoms with Crippen LogP contribution in [0.5, 0.6) is 0 Å². The number of nitrogens with one attached hydrogen (secondary N) is 1. The third-order valence-electron chi connectivity index (χ3n) is 2.59. The molecule has 1 amide bonds. The van der Waals surface area contributed by atoms with E-state index in [4.69, 9.17) is 27.9 Å². The van der Waals surface area contributed by atoms with Gasteiger partial charge in [0.05, 0.1) is 6.10 Å². The quantitative estimate of drug-likeness (QED) is 0.849. The first-order valence-corrected chi connectivity index (χ1v) is 6.74. The van der Waals surface area contributed by atoms with Gasteiger partial charge in [-0.25, -0.2) is 0 Å².